The van der Waals surface area contributed by atoms with Crippen LogP contribution in [-0.2, 0) is 56.4 Å². The van der Waals surface area contributed by atoms with Crippen molar-refractivity contribution in [3.8, 4) is 11.5 Å². The molecule has 0 saturated carbocycles. The number of carbonyl (C=O) groups is 6. The number of azide groups is 1. The lowest BCUT2D eigenvalue weighted by Gasteiger charge is -2.46. The van der Waals surface area contributed by atoms with E-state index >= 15 is 0 Å². The molecule has 6 N–H and O–H groups in total. The fraction of sp³-hybridized carbons (Fsp3) is 0.538. The minimum Gasteiger partial charge on any atom is -0.477 e. The number of fused-ring (bicyclic) bond motifs is 3. The van der Waals surface area contributed by atoms with Crippen LogP contribution in [0.1, 0.15) is 69.2 Å². The van der Waals surface area contributed by atoms with Crippen molar-refractivity contribution in [3.05, 3.63) is 104 Å². The predicted octanol–water partition coefficient (Wildman–Crippen LogP) is 7.12. The number of aliphatic hydroxyl groups is 3. The number of carbonyl (C=O) groups excluding carboxylic acids is 5. The number of phosphoric ester groups is 1. The van der Waals surface area contributed by atoms with Crippen LogP contribution in [0.3, 0.4) is 0 Å². The van der Waals surface area contributed by atoms with Gasteiger partial charge in [-0.25, -0.2) is 14.4 Å². The lowest BCUT2D eigenvalue weighted by atomic mass is 9.79. The average molecular weight is 1280 g/mol. The van der Waals surface area contributed by atoms with Gasteiger partial charge in [-0.2, -0.15) is 4.57 Å². The van der Waals surface area contributed by atoms with Gasteiger partial charge in [-0.1, -0.05) is 85.8 Å². The van der Waals surface area contributed by atoms with Gasteiger partial charge in [0, 0.05) is 39.0 Å². The summed E-state index contributed by atoms with van der Waals surface area (Å²) in [5.74, 6) is -6.10. The van der Waals surface area contributed by atoms with E-state index in [4.69, 9.17) is 59.3 Å². The number of nitrogens with two attached hydrogens (primary N) is 1. The number of carboxylic acid groups (broad SMARTS) is 1. The Morgan fingerprint density at radius 3 is 1.45 bits per heavy atom. The Morgan fingerprint density at radius 2 is 1.06 bits per heavy atom. The van der Waals surface area contributed by atoms with Crippen LogP contribution in [0.2, 0.25) is 0 Å². The van der Waals surface area contributed by atoms with E-state index in [0.717, 1.165) is 0 Å². The number of phosphoric acid groups is 1. The maximum atomic E-state index is 13.9. The molecule has 34 heteroatoms. The molecule has 6 aliphatic rings. The number of para-hydroxylation sites is 2. The number of aliphatic carboxylic acids is 1. The van der Waals surface area contributed by atoms with Crippen LogP contribution in [0.15, 0.2) is 108 Å². The van der Waals surface area contributed by atoms with Crippen molar-refractivity contribution in [2.45, 2.75) is 117 Å². The second-order valence-electron chi connectivity index (χ2n) is 21.6. The topological polar surface area (TPSA) is 374 Å². The zero-order valence-electron chi connectivity index (χ0n) is 48.5. The van der Waals surface area contributed by atoms with Gasteiger partial charge in [0.15, 0.2) is 5.70 Å². The first-order valence-electron chi connectivity index (χ1n) is 26.7. The highest BCUT2D eigenvalue weighted by molar-refractivity contribution is 8.03. The van der Waals surface area contributed by atoms with Gasteiger partial charge in [0.25, 0.3) is 16.0 Å². The third kappa shape index (κ3) is 15.2. The second kappa shape index (κ2) is 29.5. The molecule has 3 fully saturated rings. The lowest BCUT2D eigenvalue weighted by molar-refractivity contribution is -0.163. The van der Waals surface area contributed by atoms with Crippen LogP contribution >= 0.6 is 48.5 Å². The van der Waals surface area contributed by atoms with Crippen LogP contribution in [0.5, 0.6) is 11.5 Å². The van der Waals surface area contributed by atoms with Crippen LogP contribution in [0.4, 0.5) is 0 Å². The van der Waals surface area contributed by atoms with Crippen molar-refractivity contribution in [2.75, 3.05) is 25.0 Å². The van der Waals surface area contributed by atoms with Crippen molar-refractivity contribution in [1.82, 2.24) is 14.7 Å². The summed E-state index contributed by atoms with van der Waals surface area (Å²) < 4.78 is 58.9. The number of hydrogen-bond donors (Lipinski definition) is 5. The molecule has 12 atom stereocenters. The van der Waals surface area contributed by atoms with Crippen LogP contribution in [0.25, 0.3) is 10.4 Å². The molecular weight excluding hydrogens is 1220 g/mol. The van der Waals surface area contributed by atoms with Crippen LogP contribution in [0, 0.1) is 35.5 Å². The normalized spacial score (nSPS) is 25.1. The first-order chi connectivity index (χ1) is 40.5. The van der Waals surface area contributed by atoms with Gasteiger partial charge in [-0.3, -0.25) is 19.3 Å². The monoisotopic (exact) mass is 1280 g/mol. The highest BCUT2D eigenvalue weighted by atomic mass is 32.2. The Hall–Kier alpha value is -5.79. The van der Waals surface area contributed by atoms with Gasteiger partial charge in [0.2, 0.25) is 34.9 Å². The molecule has 6 aliphatic heterocycles. The minimum absolute atomic E-state index is 0.0172. The molecule has 4 radical (unpaired) electrons. The molecule has 460 valence electrons. The van der Waals surface area contributed by atoms with Gasteiger partial charge in [-0.15, -0.1) is 0 Å². The second-order valence-corrected chi connectivity index (χ2v) is 26.2. The summed E-state index contributed by atoms with van der Waals surface area (Å²) in [6.45, 7) is 17.8. The first-order valence-corrected chi connectivity index (χ1v) is 31.7. The minimum atomic E-state index is -4.46. The number of β-lactam (4-membered cyclic amide) rings is 3. The summed E-state index contributed by atoms with van der Waals surface area (Å²) in [7, 11) is 5.35. The Morgan fingerprint density at radius 1 is 0.674 bits per heavy atom. The molecule has 0 bridgehead atoms. The molecule has 27 nitrogen and oxygen atoms in total. The van der Waals surface area contributed by atoms with E-state index in [1.165, 1.54) is 45.1 Å². The summed E-state index contributed by atoms with van der Waals surface area (Å²) >= 11 is 2.55. The number of amides is 3. The number of rotatable bonds is 25. The van der Waals surface area contributed by atoms with E-state index < -0.39 is 90.9 Å². The van der Waals surface area contributed by atoms with E-state index in [1.807, 2.05) is 27.7 Å². The molecule has 8 rings (SSSR count). The molecule has 2 aromatic carbocycles. The molecular formula is C52H66B2N9O18P3S2. The molecule has 0 aliphatic carbocycles. The van der Waals surface area contributed by atoms with Crippen LogP contribution < -0.4 is 14.8 Å². The first kappa shape index (κ1) is 69.3. The van der Waals surface area contributed by atoms with Gasteiger partial charge in [0.05, 0.1) is 83.8 Å². The number of nitrogens with zero attached hydrogens (tertiary/aromatic N) is 8. The number of thioether (sulfide) groups is 2. The number of ether oxygens (including phenoxy) is 2. The van der Waals surface area contributed by atoms with Gasteiger partial charge in [-0.05, 0) is 78.3 Å². The van der Waals surface area contributed by atoms with Crippen molar-refractivity contribution in [2.24, 2.45) is 55.7 Å². The highest BCUT2D eigenvalue weighted by Crippen LogP contribution is 2.58. The number of aliphatic hydroxyl groups excluding tert-OH is 3. The molecule has 0 spiro atoms. The molecule has 0 aromatic heterocycles. The SMILES string of the molecule is CC(O)C1C(=O)N2C(C(=O)O)=C(SCOC(C)(C)CN)C(C)C12.[B]N=POC(=O)C1=C(OP(=O)(Oc2ccccc2)Oc2ccccc2)C(C)C2C(C(C)O)C(=O)N12.[B]N=POC(=O)C1=C(SCOC(C)(C)CN=[N+]=[N-])C(C)C2C(C(C)O)C(=O)N12. The predicted molar refractivity (Wildman–Crippen MR) is 317 cm³/mol. The summed E-state index contributed by atoms with van der Waals surface area (Å²) in [5.41, 5.74) is 12.8. The van der Waals surface area contributed by atoms with E-state index in [9.17, 15) is 53.8 Å². The van der Waals surface area contributed by atoms with Gasteiger partial charge < -0.3 is 77.4 Å². The maximum absolute atomic E-state index is 13.9. The smallest absolute Gasteiger partial charge is 0.477 e. The largest absolute Gasteiger partial charge is 0.646 e. The lowest BCUT2D eigenvalue weighted by Crippen LogP contribution is -2.63. The fourth-order valence-electron chi connectivity index (χ4n) is 10.5. The van der Waals surface area contributed by atoms with Gasteiger partial charge >= 0.3 is 25.7 Å². The molecule has 3 saturated heterocycles. The molecule has 6 heterocycles. The summed E-state index contributed by atoms with van der Waals surface area (Å²) in [6, 6.07) is 15.2. The van der Waals surface area contributed by atoms with Gasteiger partial charge in [0.1, 0.15) is 28.7 Å². The Kier molecular flexibility index (Phi) is 23.8. The van der Waals surface area contributed by atoms with E-state index in [-0.39, 0.29) is 106 Å². The van der Waals surface area contributed by atoms with E-state index in [0.29, 0.717) is 16.4 Å². The zero-order valence-corrected chi connectivity index (χ0v) is 52.8. The summed E-state index contributed by atoms with van der Waals surface area (Å²) in [5, 5.41) is 42.8. The van der Waals surface area contributed by atoms with Crippen LogP contribution in [-0.4, -0.2) is 159 Å². The van der Waals surface area contributed by atoms with Crippen molar-refractivity contribution >= 4 is 100 Å². The molecule has 2 aromatic rings. The van der Waals surface area contributed by atoms with E-state index in [2.05, 4.69) is 19.3 Å². The average Bonchev–Trinajstić information content (AvgIpc) is 1.74. The third-order valence-electron chi connectivity index (χ3n) is 14.7. The molecule has 86 heavy (non-hydrogen) atoms. The quantitative estimate of drug-likeness (QED) is 0.0126. The highest BCUT2D eigenvalue weighted by Gasteiger charge is 2.64. The fourth-order valence-corrected chi connectivity index (χ4v) is 14.7. The van der Waals surface area contributed by atoms with Crippen molar-refractivity contribution < 1.29 is 85.9 Å². The Balaban J connectivity index is 0.000000211. The Labute approximate surface area is 511 Å². The zero-order chi connectivity index (χ0) is 63.7. The number of benzene rings is 2. The number of carboxylic acids is 1. The number of hydrogen-bond acceptors (Lipinski definition) is 23. The van der Waals surface area contributed by atoms with E-state index in [1.54, 1.807) is 95.3 Å². The third-order valence-corrected chi connectivity index (χ3v) is 18.9. The standard InChI is InChI=1S/C22H21BN2O8P2.C15H21BN5O5PS.C15H24N2O5S/c1-13-18-17(14(2)26)21(27)25(18)19(22(28)30-34-24-23)20(13)33-35(29,31-15-9-5-3-6-10-15)32-16-11-7-4-8-12-16;1-7-10-9(8(2)22)13(23)21(10)11(14(24)26-27-19-16)12(7)28-6-25-15(3,4)5-18-20-17;1-7-10-9(8(2)18)13(19)17(10)11(14(20)21)12(7)23-6-22-15(3,4)5-16/h3-14,17-18,26H,1-2H3;7-10,22H,5-6H2,1-4H3;7-10,18H,5-6,16H2,1-4H3,(H,20,21). The molecule has 12 unspecified atom stereocenters. The van der Waals surface area contributed by atoms with Crippen molar-refractivity contribution in [1.29, 1.82) is 0 Å². The molecule has 3 amide bonds. The Bertz CT molecular complexity index is 3090. The van der Waals surface area contributed by atoms with Crippen molar-refractivity contribution in [3.63, 3.8) is 0 Å². The summed E-state index contributed by atoms with van der Waals surface area (Å²) in [4.78, 5) is 82.3. The maximum Gasteiger partial charge on any atom is 0.646 e. The summed E-state index contributed by atoms with van der Waals surface area (Å²) in [6.07, 6.45) is -2.60.